The molecular formula is C23H35NO. The highest BCUT2D eigenvalue weighted by Gasteiger charge is 2.27. The van der Waals surface area contributed by atoms with Crippen molar-refractivity contribution in [3.05, 3.63) is 41.5 Å². The average molecular weight is 342 g/mol. The maximum absolute atomic E-state index is 6.27. The number of ether oxygens (including phenoxy) is 1. The lowest BCUT2D eigenvalue weighted by molar-refractivity contribution is 0.240. The van der Waals surface area contributed by atoms with Crippen molar-refractivity contribution >= 4 is 5.76 Å². The molecular weight excluding hydrogens is 306 g/mol. The minimum atomic E-state index is 0.412. The van der Waals surface area contributed by atoms with Gasteiger partial charge in [0, 0.05) is 11.6 Å². The molecule has 2 heteroatoms. The van der Waals surface area contributed by atoms with Crippen LogP contribution in [0.5, 0.6) is 0 Å². The quantitative estimate of drug-likeness (QED) is 0.548. The second kappa shape index (κ2) is 9.43. The van der Waals surface area contributed by atoms with Crippen LogP contribution in [0.25, 0.3) is 5.76 Å². The van der Waals surface area contributed by atoms with Gasteiger partial charge in [0.1, 0.15) is 5.76 Å². The molecule has 0 bridgehead atoms. The van der Waals surface area contributed by atoms with Gasteiger partial charge in [0.15, 0.2) is 0 Å². The molecule has 1 fully saturated rings. The zero-order chi connectivity index (χ0) is 17.5. The fraction of sp³-hybridized carbons (Fsp3) is 0.652. The van der Waals surface area contributed by atoms with E-state index in [4.69, 9.17) is 4.74 Å². The third-order valence-electron chi connectivity index (χ3n) is 5.90. The van der Waals surface area contributed by atoms with Crippen LogP contribution in [0.4, 0.5) is 0 Å². The molecule has 1 N–H and O–H groups in total. The maximum Gasteiger partial charge on any atom is 0.123 e. The number of nitrogens with one attached hydrogen (secondary N) is 1. The van der Waals surface area contributed by atoms with Gasteiger partial charge in [-0.2, -0.15) is 0 Å². The zero-order valence-corrected chi connectivity index (χ0v) is 16.1. The van der Waals surface area contributed by atoms with Crippen LogP contribution in [0, 0.1) is 11.8 Å². The molecule has 0 radical (unpaired) electrons. The van der Waals surface area contributed by atoms with Crippen LogP contribution in [-0.2, 0) is 4.74 Å². The van der Waals surface area contributed by atoms with Gasteiger partial charge in [0.05, 0.1) is 6.61 Å². The number of hydrogen-bond donors (Lipinski definition) is 1. The Morgan fingerprint density at radius 3 is 2.72 bits per heavy atom. The third-order valence-corrected chi connectivity index (χ3v) is 5.90. The summed E-state index contributed by atoms with van der Waals surface area (Å²) in [5, 5.41) is 3.78. The zero-order valence-electron chi connectivity index (χ0n) is 16.1. The molecule has 2 atom stereocenters. The topological polar surface area (TPSA) is 21.3 Å². The lowest BCUT2D eigenvalue weighted by Crippen LogP contribution is -2.30. The second-order valence-corrected chi connectivity index (χ2v) is 7.90. The Bertz CT molecular complexity index is 559. The predicted molar refractivity (Wildman–Crippen MR) is 106 cm³/mol. The Labute approximate surface area is 154 Å². The Hall–Kier alpha value is -1.28. The number of fused-ring (bicyclic) bond motifs is 1. The summed E-state index contributed by atoms with van der Waals surface area (Å²) >= 11 is 0. The van der Waals surface area contributed by atoms with E-state index in [0.29, 0.717) is 12.0 Å². The molecule has 0 aromatic heterocycles. The average Bonchev–Trinajstić information content (AvgIpc) is 3.14. The maximum atomic E-state index is 6.27. The Balaban J connectivity index is 1.62. The van der Waals surface area contributed by atoms with Gasteiger partial charge in [-0.25, -0.2) is 0 Å². The third kappa shape index (κ3) is 4.88. The van der Waals surface area contributed by atoms with E-state index in [1.807, 2.05) is 0 Å². The van der Waals surface area contributed by atoms with E-state index in [-0.39, 0.29) is 0 Å². The van der Waals surface area contributed by atoms with Crippen LogP contribution >= 0.6 is 0 Å². The second-order valence-electron chi connectivity index (χ2n) is 7.90. The first kappa shape index (κ1) is 18.5. The van der Waals surface area contributed by atoms with E-state index in [0.717, 1.165) is 24.8 Å². The molecule has 1 aromatic carbocycles. The lowest BCUT2D eigenvalue weighted by Gasteiger charge is -2.31. The van der Waals surface area contributed by atoms with E-state index < -0.39 is 0 Å². The molecule has 25 heavy (non-hydrogen) atoms. The lowest BCUT2D eigenvalue weighted by atomic mass is 9.84. The molecule has 2 aliphatic carbocycles. The van der Waals surface area contributed by atoms with Crippen molar-refractivity contribution in [2.45, 2.75) is 71.3 Å². The number of rotatable bonds is 9. The summed E-state index contributed by atoms with van der Waals surface area (Å²) in [6.45, 7) is 6.54. The fourth-order valence-electron chi connectivity index (χ4n) is 4.39. The van der Waals surface area contributed by atoms with Crippen molar-refractivity contribution in [3.8, 4) is 0 Å². The standard InChI is InChI=1S/C23H35NO/c1-3-4-9-15-24-23-18(2)17-22(20-12-7-8-13-21(20)23)25-16-14-19-10-5-6-11-19/h7-8,12-13,17-19,23-24H,3-6,9-11,14-16H2,1-2H3. The SMILES string of the molecule is CCCCCNC1c2ccccc2C(OCCC2CCCC2)=CC1C. The van der Waals surface area contributed by atoms with Crippen LogP contribution in [0.2, 0.25) is 0 Å². The van der Waals surface area contributed by atoms with Crippen LogP contribution in [0.15, 0.2) is 30.3 Å². The minimum Gasteiger partial charge on any atom is -0.493 e. The Morgan fingerprint density at radius 2 is 1.92 bits per heavy atom. The van der Waals surface area contributed by atoms with Gasteiger partial charge < -0.3 is 10.1 Å². The molecule has 0 amide bonds. The molecule has 0 heterocycles. The van der Waals surface area contributed by atoms with E-state index >= 15 is 0 Å². The minimum absolute atomic E-state index is 0.412. The van der Waals surface area contributed by atoms with Crippen molar-refractivity contribution in [2.24, 2.45) is 11.8 Å². The highest BCUT2D eigenvalue weighted by molar-refractivity contribution is 5.66. The first-order valence-electron chi connectivity index (χ1n) is 10.5. The van der Waals surface area contributed by atoms with Crippen LogP contribution in [0.3, 0.4) is 0 Å². The number of hydrogen-bond acceptors (Lipinski definition) is 2. The van der Waals surface area contributed by atoms with Gasteiger partial charge >= 0.3 is 0 Å². The van der Waals surface area contributed by atoms with Crippen LogP contribution in [0.1, 0.15) is 82.4 Å². The molecule has 2 unspecified atom stereocenters. The summed E-state index contributed by atoms with van der Waals surface area (Å²) < 4.78 is 6.27. The monoisotopic (exact) mass is 341 g/mol. The summed E-state index contributed by atoms with van der Waals surface area (Å²) in [6.07, 6.45) is 13.0. The van der Waals surface area contributed by atoms with Gasteiger partial charge in [-0.3, -0.25) is 0 Å². The van der Waals surface area contributed by atoms with Crippen molar-refractivity contribution in [1.29, 1.82) is 0 Å². The normalized spacial score (nSPS) is 23.4. The highest BCUT2D eigenvalue weighted by Crippen LogP contribution is 2.37. The molecule has 0 spiro atoms. The van der Waals surface area contributed by atoms with Gasteiger partial charge in [-0.15, -0.1) is 0 Å². The predicted octanol–water partition coefficient (Wildman–Crippen LogP) is 6.10. The van der Waals surface area contributed by atoms with Crippen molar-refractivity contribution < 1.29 is 4.74 Å². The molecule has 2 nitrogen and oxygen atoms in total. The molecule has 0 saturated heterocycles. The summed E-state index contributed by atoms with van der Waals surface area (Å²) in [4.78, 5) is 0. The smallest absolute Gasteiger partial charge is 0.123 e. The van der Waals surface area contributed by atoms with Gasteiger partial charge in [0.2, 0.25) is 0 Å². The first-order chi connectivity index (χ1) is 12.3. The Kier molecular flexibility index (Phi) is 6.98. The molecule has 1 aromatic rings. The number of benzene rings is 1. The van der Waals surface area contributed by atoms with Crippen molar-refractivity contribution in [3.63, 3.8) is 0 Å². The largest absolute Gasteiger partial charge is 0.493 e. The summed E-state index contributed by atoms with van der Waals surface area (Å²) in [7, 11) is 0. The molecule has 3 rings (SSSR count). The van der Waals surface area contributed by atoms with Crippen molar-refractivity contribution in [1.82, 2.24) is 5.32 Å². The summed E-state index contributed by atoms with van der Waals surface area (Å²) in [6, 6.07) is 9.21. The summed E-state index contributed by atoms with van der Waals surface area (Å²) in [5.74, 6) is 2.47. The number of unbranched alkanes of at least 4 members (excludes halogenated alkanes) is 2. The van der Waals surface area contributed by atoms with Gasteiger partial charge in [-0.1, -0.05) is 76.6 Å². The van der Waals surface area contributed by atoms with Crippen LogP contribution < -0.4 is 5.32 Å². The molecule has 138 valence electrons. The fourth-order valence-corrected chi connectivity index (χ4v) is 4.39. The molecule has 1 saturated carbocycles. The van der Waals surface area contributed by atoms with Crippen molar-refractivity contribution in [2.75, 3.05) is 13.2 Å². The molecule has 2 aliphatic rings. The van der Waals surface area contributed by atoms with E-state index in [2.05, 4.69) is 49.5 Å². The van der Waals surface area contributed by atoms with E-state index in [9.17, 15) is 0 Å². The van der Waals surface area contributed by atoms with Gasteiger partial charge in [-0.05, 0) is 42.9 Å². The van der Waals surface area contributed by atoms with Gasteiger partial charge in [0.25, 0.3) is 0 Å². The highest BCUT2D eigenvalue weighted by atomic mass is 16.5. The summed E-state index contributed by atoms with van der Waals surface area (Å²) in [5.41, 5.74) is 2.70. The molecule has 0 aliphatic heterocycles. The first-order valence-corrected chi connectivity index (χ1v) is 10.5. The van der Waals surface area contributed by atoms with Crippen LogP contribution in [-0.4, -0.2) is 13.2 Å². The van der Waals surface area contributed by atoms with E-state index in [1.54, 1.807) is 0 Å². The van der Waals surface area contributed by atoms with E-state index in [1.165, 1.54) is 62.5 Å². The Morgan fingerprint density at radius 1 is 1.12 bits per heavy atom.